The van der Waals surface area contributed by atoms with E-state index in [0.717, 1.165) is 6.07 Å². The van der Waals surface area contributed by atoms with E-state index in [9.17, 15) is 22.4 Å². The molecular formula is C21H30FN3O5S. The number of hydrogen-bond acceptors (Lipinski definition) is 5. The molecule has 0 aromatic heterocycles. The Morgan fingerprint density at radius 1 is 1.03 bits per heavy atom. The first-order chi connectivity index (χ1) is 14.5. The van der Waals surface area contributed by atoms with Gasteiger partial charge in [-0.2, -0.15) is 4.31 Å². The largest absolute Gasteiger partial charge is 0.444 e. The molecule has 1 aromatic rings. The van der Waals surface area contributed by atoms with E-state index in [4.69, 9.17) is 4.74 Å². The quantitative estimate of drug-likeness (QED) is 0.698. The molecule has 2 saturated heterocycles. The van der Waals surface area contributed by atoms with Crippen molar-refractivity contribution in [1.29, 1.82) is 0 Å². The van der Waals surface area contributed by atoms with Gasteiger partial charge in [-0.05, 0) is 45.7 Å². The standard InChI is InChI=1S/C21H30FN3O5S/c1-21(2,3)30-20(27)24-10-6-7-16(15-24)19(26)23-11-13-25(14-12-23)31(28,29)18-9-5-4-8-17(18)22/h4-5,8-9,16H,6-7,10-15H2,1-3H3. The van der Waals surface area contributed by atoms with Crippen molar-refractivity contribution in [2.75, 3.05) is 39.3 Å². The Labute approximate surface area is 183 Å². The molecule has 10 heteroatoms. The summed E-state index contributed by atoms with van der Waals surface area (Å²) in [6.07, 6.45) is 0.953. The molecule has 0 radical (unpaired) electrons. The van der Waals surface area contributed by atoms with Crippen molar-refractivity contribution in [3.8, 4) is 0 Å². The van der Waals surface area contributed by atoms with Gasteiger partial charge in [-0.15, -0.1) is 0 Å². The number of piperidine rings is 1. The lowest BCUT2D eigenvalue weighted by Crippen LogP contribution is -2.54. The minimum Gasteiger partial charge on any atom is -0.444 e. The van der Waals surface area contributed by atoms with Gasteiger partial charge in [-0.1, -0.05) is 12.1 Å². The molecule has 2 aliphatic heterocycles. The molecule has 0 N–H and O–H groups in total. The third-order valence-corrected chi connectivity index (χ3v) is 7.36. The van der Waals surface area contributed by atoms with Crippen molar-refractivity contribution in [3.05, 3.63) is 30.1 Å². The maximum absolute atomic E-state index is 14.0. The average molecular weight is 456 g/mol. The van der Waals surface area contributed by atoms with Gasteiger partial charge in [0.1, 0.15) is 16.3 Å². The highest BCUT2D eigenvalue weighted by Gasteiger charge is 2.36. The molecule has 2 aliphatic rings. The maximum atomic E-state index is 14.0. The molecule has 0 spiro atoms. The lowest BCUT2D eigenvalue weighted by Gasteiger charge is -2.38. The van der Waals surface area contributed by atoms with Crippen LogP contribution in [0.1, 0.15) is 33.6 Å². The van der Waals surface area contributed by atoms with Gasteiger partial charge in [-0.3, -0.25) is 4.79 Å². The zero-order chi connectivity index (χ0) is 22.8. The lowest BCUT2D eigenvalue weighted by molar-refractivity contribution is -0.138. The Bertz CT molecular complexity index is 923. The number of benzene rings is 1. The monoisotopic (exact) mass is 455 g/mol. The number of amides is 2. The van der Waals surface area contributed by atoms with Gasteiger partial charge in [0.2, 0.25) is 15.9 Å². The minimum atomic E-state index is -3.95. The Balaban J connectivity index is 1.59. The maximum Gasteiger partial charge on any atom is 0.410 e. The minimum absolute atomic E-state index is 0.0869. The van der Waals surface area contributed by atoms with Crippen LogP contribution in [0.4, 0.5) is 9.18 Å². The smallest absolute Gasteiger partial charge is 0.410 e. The van der Waals surface area contributed by atoms with Crippen molar-refractivity contribution in [3.63, 3.8) is 0 Å². The van der Waals surface area contributed by atoms with Crippen LogP contribution in [0.5, 0.6) is 0 Å². The summed E-state index contributed by atoms with van der Waals surface area (Å²) in [6, 6.07) is 5.28. The Hall–Kier alpha value is -2.20. The van der Waals surface area contributed by atoms with Crippen LogP contribution in [0, 0.1) is 11.7 Å². The van der Waals surface area contributed by atoms with Crippen LogP contribution in [0.3, 0.4) is 0 Å². The van der Waals surface area contributed by atoms with Gasteiger partial charge < -0.3 is 14.5 Å². The van der Waals surface area contributed by atoms with E-state index in [2.05, 4.69) is 0 Å². The van der Waals surface area contributed by atoms with E-state index in [-0.39, 0.29) is 42.9 Å². The van der Waals surface area contributed by atoms with Gasteiger partial charge >= 0.3 is 6.09 Å². The number of carbonyl (C=O) groups is 2. The number of carbonyl (C=O) groups excluding carboxylic acids is 2. The van der Waals surface area contributed by atoms with Crippen LogP contribution in [0.25, 0.3) is 0 Å². The van der Waals surface area contributed by atoms with Gasteiger partial charge in [0.15, 0.2) is 0 Å². The van der Waals surface area contributed by atoms with Crippen LogP contribution >= 0.6 is 0 Å². The van der Waals surface area contributed by atoms with Crippen molar-refractivity contribution >= 4 is 22.0 Å². The normalized spacial score (nSPS) is 21.1. The topological polar surface area (TPSA) is 87.2 Å². The molecule has 172 valence electrons. The lowest BCUT2D eigenvalue weighted by atomic mass is 9.96. The summed E-state index contributed by atoms with van der Waals surface area (Å²) in [5.41, 5.74) is -0.603. The summed E-state index contributed by atoms with van der Waals surface area (Å²) in [6.45, 7) is 6.90. The molecule has 31 heavy (non-hydrogen) atoms. The molecule has 2 heterocycles. The number of piperazine rings is 1. The number of halogens is 1. The molecule has 2 fully saturated rings. The summed E-state index contributed by atoms with van der Waals surface area (Å²) in [4.78, 5) is 28.2. The molecule has 0 saturated carbocycles. The Morgan fingerprint density at radius 3 is 2.29 bits per heavy atom. The molecule has 1 unspecified atom stereocenters. The van der Waals surface area contributed by atoms with Crippen LogP contribution in [0.2, 0.25) is 0 Å². The molecule has 1 atom stereocenters. The first kappa shape index (κ1) is 23.5. The molecule has 1 aromatic carbocycles. The molecule has 3 rings (SSSR count). The van der Waals surface area contributed by atoms with E-state index in [1.165, 1.54) is 22.5 Å². The van der Waals surface area contributed by atoms with E-state index in [1.54, 1.807) is 30.6 Å². The van der Waals surface area contributed by atoms with Crippen LogP contribution in [0.15, 0.2) is 29.2 Å². The van der Waals surface area contributed by atoms with E-state index in [1.807, 2.05) is 0 Å². The molecule has 8 nitrogen and oxygen atoms in total. The second kappa shape index (κ2) is 9.12. The predicted molar refractivity (Wildman–Crippen MR) is 112 cm³/mol. The van der Waals surface area contributed by atoms with Gasteiger partial charge in [0.05, 0.1) is 5.92 Å². The third kappa shape index (κ3) is 5.54. The van der Waals surface area contributed by atoms with Crippen molar-refractivity contribution in [1.82, 2.24) is 14.1 Å². The molecule has 0 aliphatic carbocycles. The van der Waals surface area contributed by atoms with E-state index < -0.39 is 27.5 Å². The summed E-state index contributed by atoms with van der Waals surface area (Å²) < 4.78 is 46.1. The van der Waals surface area contributed by atoms with Crippen molar-refractivity contribution in [2.45, 2.75) is 44.1 Å². The molecule has 0 bridgehead atoms. The Morgan fingerprint density at radius 2 is 1.68 bits per heavy atom. The van der Waals surface area contributed by atoms with E-state index in [0.29, 0.717) is 25.9 Å². The van der Waals surface area contributed by atoms with Crippen LogP contribution in [-0.2, 0) is 19.6 Å². The number of rotatable bonds is 3. The van der Waals surface area contributed by atoms with Crippen LogP contribution in [-0.4, -0.2) is 79.4 Å². The highest BCUT2D eigenvalue weighted by atomic mass is 32.2. The number of likely N-dealkylation sites (tertiary alicyclic amines) is 1. The van der Waals surface area contributed by atoms with Crippen LogP contribution < -0.4 is 0 Å². The average Bonchev–Trinajstić information content (AvgIpc) is 2.72. The van der Waals surface area contributed by atoms with Gasteiger partial charge in [0.25, 0.3) is 0 Å². The first-order valence-corrected chi connectivity index (χ1v) is 11.9. The second-order valence-corrected chi connectivity index (χ2v) is 10.8. The Kier molecular flexibility index (Phi) is 6.90. The van der Waals surface area contributed by atoms with Gasteiger partial charge in [0, 0.05) is 39.3 Å². The SMILES string of the molecule is CC(C)(C)OC(=O)N1CCCC(C(=O)N2CCN(S(=O)(=O)c3ccccc3F)CC2)C1. The molecule has 2 amide bonds. The number of ether oxygens (including phenoxy) is 1. The molecular weight excluding hydrogens is 425 g/mol. The first-order valence-electron chi connectivity index (χ1n) is 10.5. The fourth-order valence-electron chi connectivity index (χ4n) is 3.87. The zero-order valence-corrected chi connectivity index (χ0v) is 19.0. The highest BCUT2D eigenvalue weighted by Crippen LogP contribution is 2.24. The van der Waals surface area contributed by atoms with Crippen molar-refractivity contribution < 1.29 is 27.1 Å². The summed E-state index contributed by atoms with van der Waals surface area (Å²) in [5.74, 6) is -1.21. The fourth-order valence-corrected chi connectivity index (χ4v) is 5.36. The predicted octanol–water partition coefficient (Wildman–Crippen LogP) is 2.31. The fraction of sp³-hybridized carbons (Fsp3) is 0.619. The van der Waals surface area contributed by atoms with Crippen molar-refractivity contribution in [2.24, 2.45) is 5.92 Å². The third-order valence-electron chi connectivity index (χ3n) is 5.43. The highest BCUT2D eigenvalue weighted by molar-refractivity contribution is 7.89. The summed E-state index contributed by atoms with van der Waals surface area (Å²) >= 11 is 0. The van der Waals surface area contributed by atoms with E-state index >= 15 is 0 Å². The number of hydrogen-bond donors (Lipinski definition) is 0. The number of sulfonamides is 1. The zero-order valence-electron chi connectivity index (χ0n) is 18.2. The summed E-state index contributed by atoms with van der Waals surface area (Å²) in [5, 5.41) is 0. The number of nitrogens with zero attached hydrogens (tertiary/aromatic N) is 3. The van der Waals surface area contributed by atoms with Gasteiger partial charge in [-0.25, -0.2) is 17.6 Å². The summed E-state index contributed by atoms with van der Waals surface area (Å²) in [7, 11) is -3.95. The second-order valence-electron chi connectivity index (χ2n) is 8.93.